The van der Waals surface area contributed by atoms with Crippen LogP contribution in [0.1, 0.15) is 0 Å². The molecule has 0 radical (unpaired) electrons. The summed E-state index contributed by atoms with van der Waals surface area (Å²) in [7, 11) is -3.54. The van der Waals surface area contributed by atoms with Gasteiger partial charge in [-0.1, -0.05) is 0 Å². The van der Waals surface area contributed by atoms with Gasteiger partial charge in [-0.15, -0.1) is 0 Å². The van der Waals surface area contributed by atoms with Gasteiger partial charge in [-0.25, -0.2) is 8.42 Å². The Hall–Kier alpha value is -2.01. The van der Waals surface area contributed by atoms with Crippen molar-refractivity contribution in [2.75, 3.05) is 5.73 Å². The van der Waals surface area contributed by atoms with Crippen molar-refractivity contribution in [3.05, 3.63) is 48.5 Å². The van der Waals surface area contributed by atoms with E-state index in [4.69, 9.17) is 10.8 Å². The Morgan fingerprint density at radius 1 is 0.824 bits per heavy atom. The molecule has 0 fully saturated rings. The minimum absolute atomic E-state index is 0.0289. The zero-order valence-corrected chi connectivity index (χ0v) is 9.68. The first-order valence-corrected chi connectivity index (χ1v) is 6.38. The maximum atomic E-state index is 12.1. The Morgan fingerprint density at radius 3 is 1.71 bits per heavy atom. The minimum atomic E-state index is -3.54. The first-order chi connectivity index (χ1) is 8.00. The second kappa shape index (κ2) is 4.10. The molecule has 3 N–H and O–H groups in total. The van der Waals surface area contributed by atoms with Crippen LogP contribution in [-0.4, -0.2) is 13.5 Å². The number of phenols is 1. The minimum Gasteiger partial charge on any atom is -0.508 e. The van der Waals surface area contributed by atoms with Crippen molar-refractivity contribution in [1.82, 2.24) is 0 Å². The quantitative estimate of drug-likeness (QED) is 0.795. The van der Waals surface area contributed by atoms with E-state index in [2.05, 4.69) is 0 Å². The first kappa shape index (κ1) is 11.5. The SMILES string of the molecule is Nc1ccc(S(=O)(=O)c2ccc(O)cc2)cc1. The second-order valence-electron chi connectivity index (χ2n) is 3.57. The summed E-state index contributed by atoms with van der Waals surface area (Å²) in [4.78, 5) is 0.317. The number of hydrogen-bond acceptors (Lipinski definition) is 4. The number of nitrogen functional groups attached to an aromatic ring is 1. The largest absolute Gasteiger partial charge is 0.508 e. The molecule has 17 heavy (non-hydrogen) atoms. The first-order valence-electron chi connectivity index (χ1n) is 4.90. The van der Waals surface area contributed by atoms with Crippen molar-refractivity contribution >= 4 is 15.5 Å². The highest BCUT2D eigenvalue weighted by Crippen LogP contribution is 2.23. The van der Waals surface area contributed by atoms with E-state index in [0.717, 1.165) is 0 Å². The number of anilines is 1. The molecule has 0 aliphatic carbocycles. The molecule has 0 saturated carbocycles. The van der Waals surface area contributed by atoms with Gasteiger partial charge in [0.05, 0.1) is 9.79 Å². The van der Waals surface area contributed by atoms with E-state index in [1.165, 1.54) is 48.5 Å². The Kier molecular flexibility index (Phi) is 2.77. The van der Waals surface area contributed by atoms with Gasteiger partial charge in [-0.2, -0.15) is 0 Å². The lowest BCUT2D eigenvalue weighted by atomic mass is 10.3. The summed E-state index contributed by atoms with van der Waals surface area (Å²) in [6.07, 6.45) is 0. The molecule has 0 aromatic heterocycles. The summed E-state index contributed by atoms with van der Waals surface area (Å²) in [5.41, 5.74) is 6.01. The van der Waals surface area contributed by atoms with Gasteiger partial charge in [-0.05, 0) is 48.5 Å². The topological polar surface area (TPSA) is 80.4 Å². The van der Waals surface area contributed by atoms with Gasteiger partial charge in [0.1, 0.15) is 5.75 Å². The van der Waals surface area contributed by atoms with Gasteiger partial charge in [0.15, 0.2) is 0 Å². The van der Waals surface area contributed by atoms with Crippen LogP contribution in [0.2, 0.25) is 0 Å². The highest BCUT2D eigenvalue weighted by molar-refractivity contribution is 7.91. The van der Waals surface area contributed by atoms with Crippen LogP contribution >= 0.6 is 0 Å². The average molecular weight is 249 g/mol. The number of nitrogens with two attached hydrogens (primary N) is 1. The lowest BCUT2D eigenvalue weighted by molar-refractivity contribution is 0.475. The predicted octanol–water partition coefficient (Wildman–Crippen LogP) is 1.81. The van der Waals surface area contributed by atoms with Crippen LogP contribution in [0.3, 0.4) is 0 Å². The lowest BCUT2D eigenvalue weighted by Crippen LogP contribution is -2.01. The number of aromatic hydroxyl groups is 1. The summed E-state index contributed by atoms with van der Waals surface area (Å²) in [6.45, 7) is 0. The van der Waals surface area contributed by atoms with Crippen LogP contribution in [0.25, 0.3) is 0 Å². The van der Waals surface area contributed by atoms with E-state index in [1.807, 2.05) is 0 Å². The van der Waals surface area contributed by atoms with Gasteiger partial charge in [-0.3, -0.25) is 0 Å². The zero-order chi connectivity index (χ0) is 12.5. The third kappa shape index (κ3) is 2.24. The molecule has 4 nitrogen and oxygen atoms in total. The van der Waals surface area contributed by atoms with Gasteiger partial charge in [0, 0.05) is 5.69 Å². The van der Waals surface area contributed by atoms with Crippen LogP contribution in [0.15, 0.2) is 58.3 Å². The molecule has 2 rings (SSSR count). The molecular formula is C12H11NO3S. The highest BCUT2D eigenvalue weighted by Gasteiger charge is 2.16. The van der Waals surface area contributed by atoms with E-state index in [1.54, 1.807) is 0 Å². The van der Waals surface area contributed by atoms with Crippen molar-refractivity contribution in [1.29, 1.82) is 0 Å². The van der Waals surface area contributed by atoms with Gasteiger partial charge in [0.25, 0.3) is 0 Å². The van der Waals surface area contributed by atoms with Gasteiger partial charge in [0.2, 0.25) is 9.84 Å². The molecule has 0 aliphatic heterocycles. The number of hydrogen-bond donors (Lipinski definition) is 2. The molecule has 0 amide bonds. The third-order valence-electron chi connectivity index (χ3n) is 2.34. The molecule has 0 unspecified atom stereocenters. The Morgan fingerprint density at radius 2 is 1.24 bits per heavy atom. The number of rotatable bonds is 2. The molecule has 0 bridgehead atoms. The maximum absolute atomic E-state index is 12.1. The molecule has 0 heterocycles. The van der Waals surface area contributed by atoms with Crippen LogP contribution in [0.5, 0.6) is 5.75 Å². The van der Waals surface area contributed by atoms with E-state index in [0.29, 0.717) is 5.69 Å². The fourth-order valence-corrected chi connectivity index (χ4v) is 2.67. The number of benzene rings is 2. The van der Waals surface area contributed by atoms with Gasteiger partial charge >= 0.3 is 0 Å². The molecule has 2 aromatic carbocycles. The highest BCUT2D eigenvalue weighted by atomic mass is 32.2. The van der Waals surface area contributed by atoms with Gasteiger partial charge < -0.3 is 10.8 Å². The zero-order valence-electron chi connectivity index (χ0n) is 8.87. The average Bonchev–Trinajstić information content (AvgIpc) is 2.30. The van der Waals surface area contributed by atoms with Crippen molar-refractivity contribution in [3.63, 3.8) is 0 Å². The van der Waals surface area contributed by atoms with E-state index in [-0.39, 0.29) is 15.5 Å². The van der Waals surface area contributed by atoms with Crippen LogP contribution in [0, 0.1) is 0 Å². The summed E-state index contributed by atoms with van der Waals surface area (Å²) in [6, 6.07) is 11.4. The Labute approximate surface area is 99.2 Å². The fourth-order valence-electron chi connectivity index (χ4n) is 1.41. The summed E-state index contributed by atoms with van der Waals surface area (Å²) in [5, 5.41) is 9.12. The van der Waals surface area contributed by atoms with Crippen LogP contribution in [-0.2, 0) is 9.84 Å². The summed E-state index contributed by atoms with van der Waals surface area (Å²) >= 11 is 0. The molecule has 88 valence electrons. The maximum Gasteiger partial charge on any atom is 0.206 e. The van der Waals surface area contributed by atoms with Crippen LogP contribution < -0.4 is 5.73 Å². The van der Waals surface area contributed by atoms with Crippen LogP contribution in [0.4, 0.5) is 5.69 Å². The smallest absolute Gasteiger partial charge is 0.206 e. The fraction of sp³-hybridized carbons (Fsp3) is 0. The van der Waals surface area contributed by atoms with E-state index >= 15 is 0 Å². The van der Waals surface area contributed by atoms with E-state index < -0.39 is 9.84 Å². The molecule has 5 heteroatoms. The summed E-state index contributed by atoms with van der Waals surface area (Å²) in [5.74, 6) is 0.0289. The normalized spacial score (nSPS) is 11.3. The number of phenolic OH excluding ortho intramolecular Hbond substituents is 1. The standard InChI is InChI=1S/C12H11NO3S/c13-9-1-5-11(6-2-9)17(15,16)12-7-3-10(14)4-8-12/h1-8,14H,13H2. The lowest BCUT2D eigenvalue weighted by Gasteiger charge is -2.04. The monoisotopic (exact) mass is 249 g/mol. The van der Waals surface area contributed by atoms with Crippen molar-refractivity contribution in [3.8, 4) is 5.75 Å². The van der Waals surface area contributed by atoms with Crippen molar-refractivity contribution in [2.24, 2.45) is 0 Å². The molecule has 2 aromatic rings. The molecule has 0 spiro atoms. The van der Waals surface area contributed by atoms with Crippen molar-refractivity contribution < 1.29 is 13.5 Å². The Bertz CT molecular complexity index is 564. The molecule has 0 saturated heterocycles. The number of sulfone groups is 1. The molecule has 0 atom stereocenters. The second-order valence-corrected chi connectivity index (χ2v) is 5.52. The third-order valence-corrected chi connectivity index (χ3v) is 4.12. The Balaban J connectivity index is 2.50. The molecule has 0 aliphatic rings. The van der Waals surface area contributed by atoms with E-state index in [9.17, 15) is 8.42 Å². The predicted molar refractivity (Wildman–Crippen MR) is 64.4 cm³/mol. The van der Waals surface area contributed by atoms with Crippen molar-refractivity contribution in [2.45, 2.75) is 9.79 Å². The molecular weight excluding hydrogens is 238 g/mol. The summed E-state index contributed by atoms with van der Waals surface area (Å²) < 4.78 is 24.3.